The molecule has 0 nitrogen and oxygen atoms in total. The van der Waals surface area contributed by atoms with Gasteiger partial charge in [0.15, 0.2) is 0 Å². The highest BCUT2D eigenvalue weighted by molar-refractivity contribution is 9.08. The normalized spacial score (nSPS) is 9.29. The van der Waals surface area contributed by atoms with Crippen LogP contribution >= 0.6 is 15.9 Å². The highest BCUT2D eigenvalue weighted by atomic mass is 79.9. The van der Waals surface area contributed by atoms with Crippen molar-refractivity contribution in [1.29, 1.82) is 0 Å². The van der Waals surface area contributed by atoms with Crippen LogP contribution in [0.25, 0.3) is 0 Å². The molecule has 0 saturated heterocycles. The summed E-state index contributed by atoms with van der Waals surface area (Å²) in [6.45, 7) is 0. The van der Waals surface area contributed by atoms with Crippen LogP contribution in [-0.4, -0.2) is 0 Å². The first-order valence-corrected chi connectivity index (χ1v) is 3.32. The summed E-state index contributed by atoms with van der Waals surface area (Å²) in [5.74, 6) is 0. The van der Waals surface area contributed by atoms with Crippen molar-refractivity contribution in [2.75, 3.05) is 0 Å². The number of hydrogen-bond donors (Lipinski definition) is 0. The summed E-state index contributed by atoms with van der Waals surface area (Å²) in [5.41, 5.74) is 1.35. The molecule has 0 unspecified atom stereocenters. The second-order valence-corrected chi connectivity index (χ2v) is 1.99. The fourth-order valence-corrected chi connectivity index (χ4v) is 0.877. The Hall–Kier alpha value is -0.170. The molecule has 0 fully saturated rings. The molecule has 1 rings (SSSR count). The monoisotopic (exact) mass is 157 g/mol. The van der Waals surface area contributed by atoms with Crippen LogP contribution in [0.1, 0.15) is 5.56 Å². The molecule has 0 atom stereocenters. The van der Waals surface area contributed by atoms with Crippen molar-refractivity contribution >= 4 is 15.9 Å². The smallest absolute Gasteiger partial charge is 0.0269 e. The van der Waals surface area contributed by atoms with Gasteiger partial charge in [0, 0.05) is 0 Å². The maximum Gasteiger partial charge on any atom is -0.0269 e. The summed E-state index contributed by atoms with van der Waals surface area (Å²) in [6.07, 6.45) is 0. The molecular weight excluding hydrogens is 152 g/mol. The third-order valence-electron chi connectivity index (χ3n) is 0.886. The van der Waals surface area contributed by atoms with E-state index in [1.807, 2.05) is 12.1 Å². The van der Waals surface area contributed by atoms with E-state index in [4.69, 9.17) is 0 Å². The zero-order valence-corrected chi connectivity index (χ0v) is 5.48. The van der Waals surface area contributed by atoms with Gasteiger partial charge in [-0.1, -0.05) is 0 Å². The predicted molar refractivity (Wildman–Crippen MR) is 34.7 cm³/mol. The Morgan fingerprint density at radius 2 is 2.57 bits per heavy atom. The summed E-state index contributed by atoms with van der Waals surface area (Å²) in [4.78, 5) is 0. The largest absolute Gasteiger partial charge is 0.210 e. The second kappa shape index (κ2) is 2.22. The Morgan fingerprint density at radius 1 is 1.71 bits per heavy atom. The van der Waals surface area contributed by atoms with Gasteiger partial charge in [-0.2, -0.15) is 23.8 Å². The molecule has 0 N–H and O–H groups in total. The quantitative estimate of drug-likeness (QED) is 0.434. The molecule has 0 heterocycles. The van der Waals surface area contributed by atoms with Crippen LogP contribution in [0, 0.1) is 0 Å². The van der Waals surface area contributed by atoms with Crippen molar-refractivity contribution in [2.24, 2.45) is 0 Å². The van der Waals surface area contributed by atoms with Crippen molar-refractivity contribution in [1.82, 2.24) is 0 Å². The van der Waals surface area contributed by atoms with Crippen LogP contribution in [0.4, 0.5) is 0 Å². The van der Waals surface area contributed by atoms with Gasteiger partial charge in [-0.25, -0.2) is 6.07 Å². The lowest BCUT2D eigenvalue weighted by atomic mass is 10.4. The molecule has 0 radical (unpaired) electrons. The van der Waals surface area contributed by atoms with E-state index < -0.39 is 0 Å². The SMILES string of the molecule is BrCc1cc[cH-]c1. The molecule has 0 aliphatic carbocycles. The maximum atomic E-state index is 3.34. The minimum atomic E-state index is 0.972. The standard InChI is InChI=1S/C6H6Br/c7-5-6-3-1-2-4-6/h1-4H,5H2/q-1. The van der Waals surface area contributed by atoms with Gasteiger partial charge in [-0.15, -0.1) is 15.9 Å². The van der Waals surface area contributed by atoms with E-state index in [2.05, 4.69) is 28.1 Å². The molecule has 7 heavy (non-hydrogen) atoms. The van der Waals surface area contributed by atoms with Crippen LogP contribution in [0.15, 0.2) is 24.3 Å². The Labute approximate surface area is 51.7 Å². The first kappa shape index (κ1) is 4.98. The molecule has 0 amide bonds. The van der Waals surface area contributed by atoms with Gasteiger partial charge >= 0.3 is 0 Å². The molecule has 0 aromatic heterocycles. The fourth-order valence-electron chi connectivity index (χ4n) is 0.503. The van der Waals surface area contributed by atoms with E-state index in [0.717, 1.165) is 5.33 Å². The molecule has 0 saturated carbocycles. The van der Waals surface area contributed by atoms with Crippen LogP contribution in [0.3, 0.4) is 0 Å². The zero-order valence-electron chi connectivity index (χ0n) is 3.89. The third kappa shape index (κ3) is 1.10. The lowest BCUT2D eigenvalue weighted by Crippen LogP contribution is -1.61. The maximum absolute atomic E-state index is 3.34. The second-order valence-electron chi connectivity index (χ2n) is 1.43. The highest BCUT2D eigenvalue weighted by Crippen LogP contribution is 2.03. The van der Waals surface area contributed by atoms with Gasteiger partial charge in [0.05, 0.1) is 0 Å². The molecule has 38 valence electrons. The fraction of sp³-hybridized carbons (Fsp3) is 0.167. The van der Waals surface area contributed by atoms with Crippen LogP contribution in [0.5, 0.6) is 0 Å². The number of rotatable bonds is 1. The van der Waals surface area contributed by atoms with Crippen molar-refractivity contribution in [2.45, 2.75) is 5.33 Å². The summed E-state index contributed by atoms with van der Waals surface area (Å²) in [5, 5.41) is 0.972. The van der Waals surface area contributed by atoms with Gasteiger partial charge in [0.25, 0.3) is 0 Å². The number of hydrogen-bond acceptors (Lipinski definition) is 0. The Morgan fingerprint density at radius 3 is 2.86 bits per heavy atom. The first-order chi connectivity index (χ1) is 3.43. The molecular formula is C6H6Br-. The minimum absolute atomic E-state index is 0.972. The molecule has 1 aromatic rings. The van der Waals surface area contributed by atoms with Gasteiger partial charge in [0.2, 0.25) is 0 Å². The third-order valence-corrected chi connectivity index (χ3v) is 1.53. The zero-order chi connectivity index (χ0) is 5.11. The van der Waals surface area contributed by atoms with Gasteiger partial charge in [0.1, 0.15) is 0 Å². The van der Waals surface area contributed by atoms with E-state index in [1.165, 1.54) is 5.56 Å². The molecule has 0 aliphatic heterocycles. The highest BCUT2D eigenvalue weighted by Gasteiger charge is 1.71. The summed E-state index contributed by atoms with van der Waals surface area (Å²) in [6, 6.07) is 8.26. The first-order valence-electron chi connectivity index (χ1n) is 2.20. The topological polar surface area (TPSA) is 0 Å². The molecule has 0 aliphatic rings. The average Bonchev–Trinajstić information content (AvgIpc) is 2.14. The summed E-state index contributed by atoms with van der Waals surface area (Å²) >= 11 is 3.34. The van der Waals surface area contributed by atoms with Crippen LogP contribution in [-0.2, 0) is 5.33 Å². The minimum Gasteiger partial charge on any atom is -0.210 e. The average molecular weight is 158 g/mol. The molecule has 1 aromatic carbocycles. The van der Waals surface area contributed by atoms with Crippen LogP contribution < -0.4 is 0 Å². The summed E-state index contributed by atoms with van der Waals surface area (Å²) in [7, 11) is 0. The van der Waals surface area contributed by atoms with Gasteiger partial charge in [-0.05, 0) is 5.33 Å². The molecule has 0 spiro atoms. The lowest BCUT2D eigenvalue weighted by molar-refractivity contribution is 1.50. The van der Waals surface area contributed by atoms with E-state index >= 15 is 0 Å². The molecule has 0 bridgehead atoms. The number of alkyl halides is 1. The van der Waals surface area contributed by atoms with E-state index in [0.29, 0.717) is 0 Å². The molecule has 1 heteroatoms. The van der Waals surface area contributed by atoms with Gasteiger partial charge < -0.3 is 0 Å². The van der Waals surface area contributed by atoms with Crippen LogP contribution in [0.2, 0.25) is 0 Å². The van der Waals surface area contributed by atoms with E-state index in [1.54, 1.807) is 0 Å². The van der Waals surface area contributed by atoms with Crippen molar-refractivity contribution in [3.8, 4) is 0 Å². The predicted octanol–water partition coefficient (Wildman–Crippen LogP) is 2.30. The Balaban J connectivity index is 2.76. The van der Waals surface area contributed by atoms with Crippen molar-refractivity contribution < 1.29 is 0 Å². The van der Waals surface area contributed by atoms with Crippen molar-refractivity contribution in [3.05, 3.63) is 29.8 Å². The van der Waals surface area contributed by atoms with Gasteiger partial charge in [-0.3, -0.25) is 0 Å². The number of halogens is 1. The summed E-state index contributed by atoms with van der Waals surface area (Å²) < 4.78 is 0. The Kier molecular flexibility index (Phi) is 1.58. The van der Waals surface area contributed by atoms with E-state index in [9.17, 15) is 0 Å². The van der Waals surface area contributed by atoms with E-state index in [-0.39, 0.29) is 0 Å². The lowest BCUT2D eigenvalue weighted by Gasteiger charge is -1.89. The Bertz CT molecular complexity index is 119. The van der Waals surface area contributed by atoms with Crippen molar-refractivity contribution in [3.63, 3.8) is 0 Å².